The van der Waals surface area contributed by atoms with Gasteiger partial charge in [0.1, 0.15) is 0 Å². The molecule has 178 valence electrons. The lowest BCUT2D eigenvalue weighted by atomic mass is 10.0. The first-order valence-electron chi connectivity index (χ1n) is 14.1. The van der Waals surface area contributed by atoms with Gasteiger partial charge in [0.05, 0.1) is 0 Å². The van der Waals surface area contributed by atoms with Gasteiger partial charge in [-0.3, -0.25) is 4.79 Å². The highest BCUT2D eigenvalue weighted by Crippen LogP contribution is 2.16. The first-order valence-corrected chi connectivity index (χ1v) is 14.1. The van der Waals surface area contributed by atoms with E-state index in [4.69, 9.17) is 0 Å². The number of hydrogen-bond donors (Lipinski definition) is 0. The predicted molar refractivity (Wildman–Crippen MR) is 133 cm³/mol. The Balaban J connectivity index is 1.61. The Morgan fingerprint density at radius 1 is 0.500 bits per heavy atom. The Bertz CT molecular complexity index is 368. The van der Waals surface area contributed by atoms with Crippen molar-refractivity contribution in [2.45, 2.75) is 161 Å². The molecule has 1 saturated heterocycles. The van der Waals surface area contributed by atoms with E-state index in [-0.39, 0.29) is 0 Å². The fourth-order valence-corrected chi connectivity index (χ4v) is 4.69. The Labute approximate surface area is 190 Å². The highest BCUT2D eigenvalue weighted by Gasteiger charge is 2.22. The van der Waals surface area contributed by atoms with Gasteiger partial charge < -0.3 is 4.90 Å². The zero-order chi connectivity index (χ0) is 21.5. The number of amides is 1. The maximum Gasteiger partial charge on any atom is 0.224 e. The third-order valence-electron chi connectivity index (χ3n) is 6.98. The van der Waals surface area contributed by atoms with Gasteiger partial charge in [0.15, 0.2) is 0 Å². The molecule has 0 bridgehead atoms. The van der Waals surface area contributed by atoms with E-state index in [9.17, 15) is 4.79 Å². The average Bonchev–Trinajstić information content (AvgIpc) is 2.75. The van der Waals surface area contributed by atoms with Crippen LogP contribution in [0.2, 0.25) is 0 Å². The van der Waals surface area contributed by atoms with Gasteiger partial charge in [0.2, 0.25) is 5.91 Å². The maximum absolute atomic E-state index is 11.2. The van der Waals surface area contributed by atoms with E-state index in [1.807, 2.05) is 4.90 Å². The van der Waals surface area contributed by atoms with Gasteiger partial charge in [-0.1, -0.05) is 148 Å². The van der Waals surface area contributed by atoms with Crippen LogP contribution >= 0.6 is 0 Å². The zero-order valence-electron chi connectivity index (χ0n) is 20.7. The molecule has 1 aliphatic rings. The summed E-state index contributed by atoms with van der Waals surface area (Å²) in [5, 5.41) is 0. The largest absolute Gasteiger partial charge is 0.342 e. The number of carbonyl (C=O) groups excluding carboxylic acids is 1. The summed E-state index contributed by atoms with van der Waals surface area (Å²) < 4.78 is 0. The first-order chi connectivity index (χ1) is 14.8. The second kappa shape index (κ2) is 21.7. The molecule has 2 heteroatoms. The molecular weight excluding hydrogens is 366 g/mol. The van der Waals surface area contributed by atoms with E-state index in [1.165, 1.54) is 148 Å². The number of β-lactam (4-membered cyclic amide) rings is 1. The fourth-order valence-electron chi connectivity index (χ4n) is 4.69. The molecule has 1 amide bonds. The summed E-state index contributed by atoms with van der Waals surface area (Å²) in [6, 6.07) is 0. The molecule has 1 rings (SSSR count). The molecule has 0 atom stereocenters. The third kappa shape index (κ3) is 17.2. The fraction of sp³-hybridized carbons (Fsp3) is 0.964. The minimum absolute atomic E-state index is 0.369. The molecule has 0 saturated carbocycles. The van der Waals surface area contributed by atoms with Crippen LogP contribution in [0.5, 0.6) is 0 Å². The molecule has 0 radical (unpaired) electrons. The lowest BCUT2D eigenvalue weighted by Gasteiger charge is -2.30. The molecule has 0 unspecified atom stereocenters. The summed E-state index contributed by atoms with van der Waals surface area (Å²) in [6.07, 6.45) is 33.8. The van der Waals surface area contributed by atoms with Crippen LogP contribution in [0.3, 0.4) is 0 Å². The molecule has 0 aromatic carbocycles. The summed E-state index contributed by atoms with van der Waals surface area (Å²) in [5.41, 5.74) is 0. The van der Waals surface area contributed by atoms with Crippen LogP contribution < -0.4 is 0 Å². The second-order valence-electron chi connectivity index (χ2n) is 9.91. The third-order valence-corrected chi connectivity index (χ3v) is 6.98. The van der Waals surface area contributed by atoms with Crippen molar-refractivity contribution in [2.75, 3.05) is 13.1 Å². The number of likely N-dealkylation sites (tertiary alicyclic amines) is 1. The average molecular weight is 422 g/mol. The molecule has 1 heterocycles. The Kier molecular flexibility index (Phi) is 19.9. The lowest BCUT2D eigenvalue weighted by molar-refractivity contribution is -0.139. The number of nitrogens with zero attached hydrogens (tertiary/aromatic N) is 1. The van der Waals surface area contributed by atoms with Crippen LogP contribution in [0.4, 0.5) is 0 Å². The Hall–Kier alpha value is -0.530. The number of hydrogen-bond acceptors (Lipinski definition) is 1. The smallest absolute Gasteiger partial charge is 0.224 e. The minimum atomic E-state index is 0.369. The van der Waals surface area contributed by atoms with Gasteiger partial charge >= 0.3 is 0 Å². The van der Waals surface area contributed by atoms with Crippen LogP contribution in [-0.2, 0) is 4.79 Å². The summed E-state index contributed by atoms with van der Waals surface area (Å²) >= 11 is 0. The summed E-state index contributed by atoms with van der Waals surface area (Å²) in [7, 11) is 0. The van der Waals surface area contributed by atoms with Gasteiger partial charge in [-0.05, 0) is 6.42 Å². The quantitative estimate of drug-likeness (QED) is 0.112. The molecule has 0 aromatic heterocycles. The van der Waals surface area contributed by atoms with Crippen LogP contribution in [0.25, 0.3) is 0 Å². The van der Waals surface area contributed by atoms with Crippen molar-refractivity contribution in [3.63, 3.8) is 0 Å². The molecule has 0 N–H and O–H groups in total. The van der Waals surface area contributed by atoms with Crippen molar-refractivity contribution in [1.29, 1.82) is 0 Å². The van der Waals surface area contributed by atoms with E-state index in [2.05, 4.69) is 6.92 Å². The molecule has 0 aromatic rings. The van der Waals surface area contributed by atoms with Crippen molar-refractivity contribution in [3.8, 4) is 0 Å². The van der Waals surface area contributed by atoms with Crippen molar-refractivity contribution in [2.24, 2.45) is 0 Å². The molecular formula is C28H55NO. The summed E-state index contributed by atoms with van der Waals surface area (Å²) in [5.74, 6) is 0.369. The SMILES string of the molecule is CCCCCCCCCCCCCCCCCCCCCCCCCN1CCC1=O. The zero-order valence-corrected chi connectivity index (χ0v) is 20.7. The number of unbranched alkanes of at least 4 members (excludes halogenated alkanes) is 22. The number of carbonyl (C=O) groups is 1. The predicted octanol–water partition coefficient (Wildman–Crippen LogP) is 9.21. The van der Waals surface area contributed by atoms with E-state index >= 15 is 0 Å². The highest BCUT2D eigenvalue weighted by atomic mass is 16.2. The summed E-state index contributed by atoms with van der Waals surface area (Å²) in [6.45, 7) is 4.32. The van der Waals surface area contributed by atoms with Gasteiger partial charge in [0, 0.05) is 19.5 Å². The van der Waals surface area contributed by atoms with Gasteiger partial charge in [-0.25, -0.2) is 0 Å². The first kappa shape index (κ1) is 27.5. The van der Waals surface area contributed by atoms with Gasteiger partial charge in [-0.2, -0.15) is 0 Å². The summed E-state index contributed by atoms with van der Waals surface area (Å²) in [4.78, 5) is 13.2. The van der Waals surface area contributed by atoms with E-state index in [1.54, 1.807) is 0 Å². The molecule has 0 aliphatic carbocycles. The highest BCUT2D eigenvalue weighted by molar-refractivity contribution is 5.81. The standard InChI is InChI=1S/C28H55NO/c1-2-3-4-5-6-7-8-9-10-11-12-13-14-15-16-17-18-19-20-21-22-23-24-26-29-27-25-28(29)30/h2-27H2,1H3. The molecule has 0 spiro atoms. The molecule has 2 nitrogen and oxygen atoms in total. The van der Waals surface area contributed by atoms with Crippen molar-refractivity contribution in [1.82, 2.24) is 4.90 Å². The van der Waals surface area contributed by atoms with E-state index in [0.717, 1.165) is 19.5 Å². The van der Waals surface area contributed by atoms with Crippen molar-refractivity contribution < 1.29 is 4.79 Å². The maximum atomic E-state index is 11.2. The van der Waals surface area contributed by atoms with Gasteiger partial charge in [0.25, 0.3) is 0 Å². The topological polar surface area (TPSA) is 20.3 Å². The van der Waals surface area contributed by atoms with Crippen LogP contribution in [-0.4, -0.2) is 23.9 Å². The Morgan fingerprint density at radius 3 is 1.03 bits per heavy atom. The molecule has 1 fully saturated rings. The minimum Gasteiger partial charge on any atom is -0.342 e. The van der Waals surface area contributed by atoms with Crippen molar-refractivity contribution >= 4 is 5.91 Å². The lowest BCUT2D eigenvalue weighted by Crippen LogP contribution is -2.43. The van der Waals surface area contributed by atoms with E-state index < -0.39 is 0 Å². The van der Waals surface area contributed by atoms with Crippen LogP contribution in [0.1, 0.15) is 161 Å². The number of rotatable bonds is 24. The van der Waals surface area contributed by atoms with Crippen LogP contribution in [0.15, 0.2) is 0 Å². The Morgan fingerprint density at radius 2 is 0.800 bits per heavy atom. The second-order valence-corrected chi connectivity index (χ2v) is 9.91. The normalized spacial score (nSPS) is 13.8. The van der Waals surface area contributed by atoms with E-state index in [0.29, 0.717) is 5.91 Å². The monoisotopic (exact) mass is 421 g/mol. The van der Waals surface area contributed by atoms with Crippen LogP contribution in [0, 0.1) is 0 Å². The van der Waals surface area contributed by atoms with Crippen molar-refractivity contribution in [3.05, 3.63) is 0 Å². The molecule has 30 heavy (non-hydrogen) atoms. The molecule has 1 aliphatic heterocycles. The van der Waals surface area contributed by atoms with Gasteiger partial charge in [-0.15, -0.1) is 0 Å².